The Balaban J connectivity index is 1.35. The SMILES string of the molecule is CC(N)[C@H]1CC[C@H](C(=O)N2CC[C@@H](C3CCCCC3)[C@H]2C(=O)Nc2ccc3ncccc3c2)CC1. The lowest BCUT2D eigenvalue weighted by Crippen LogP contribution is -2.50. The monoisotopic (exact) mass is 476 g/mol. The molecule has 3 aliphatic rings. The first-order valence-corrected chi connectivity index (χ1v) is 13.7. The van der Waals surface area contributed by atoms with Crippen LogP contribution >= 0.6 is 0 Å². The summed E-state index contributed by atoms with van der Waals surface area (Å²) in [4.78, 5) is 33.9. The van der Waals surface area contributed by atoms with E-state index in [0.717, 1.165) is 48.7 Å². The Hall–Kier alpha value is -2.47. The molecule has 0 bridgehead atoms. The Labute approximate surface area is 209 Å². The zero-order valence-corrected chi connectivity index (χ0v) is 21.0. The molecule has 6 nitrogen and oxygen atoms in total. The molecule has 2 saturated carbocycles. The number of hydrogen-bond acceptors (Lipinski definition) is 4. The van der Waals surface area contributed by atoms with E-state index in [-0.39, 0.29) is 35.7 Å². The summed E-state index contributed by atoms with van der Waals surface area (Å²) >= 11 is 0. The molecule has 1 aliphatic heterocycles. The van der Waals surface area contributed by atoms with Crippen molar-refractivity contribution in [3.8, 4) is 0 Å². The van der Waals surface area contributed by atoms with Gasteiger partial charge in [0.1, 0.15) is 6.04 Å². The number of carbonyl (C=O) groups excluding carboxylic acids is 2. The van der Waals surface area contributed by atoms with Crippen LogP contribution in [-0.4, -0.2) is 40.3 Å². The van der Waals surface area contributed by atoms with E-state index < -0.39 is 0 Å². The van der Waals surface area contributed by atoms with E-state index >= 15 is 0 Å². The number of rotatable bonds is 5. The molecule has 6 heteroatoms. The van der Waals surface area contributed by atoms with Crippen molar-refractivity contribution in [2.75, 3.05) is 11.9 Å². The van der Waals surface area contributed by atoms with Gasteiger partial charge in [-0.05, 0) is 81.0 Å². The Bertz CT molecular complexity index is 1040. The molecule has 3 atom stereocenters. The highest BCUT2D eigenvalue weighted by Crippen LogP contribution is 2.41. The molecule has 1 saturated heterocycles. The van der Waals surface area contributed by atoms with Gasteiger partial charge < -0.3 is 16.0 Å². The highest BCUT2D eigenvalue weighted by atomic mass is 16.2. The van der Waals surface area contributed by atoms with Crippen LogP contribution in [0.3, 0.4) is 0 Å². The van der Waals surface area contributed by atoms with Gasteiger partial charge in [0, 0.05) is 35.8 Å². The first kappa shape index (κ1) is 24.2. The van der Waals surface area contributed by atoms with Crippen LogP contribution in [0.1, 0.15) is 71.1 Å². The zero-order valence-electron chi connectivity index (χ0n) is 21.0. The average Bonchev–Trinajstić information content (AvgIpc) is 3.34. The van der Waals surface area contributed by atoms with Gasteiger partial charge in [-0.1, -0.05) is 38.2 Å². The van der Waals surface area contributed by atoms with Crippen LogP contribution in [0, 0.1) is 23.7 Å². The Morgan fingerprint density at radius 3 is 2.54 bits per heavy atom. The summed E-state index contributed by atoms with van der Waals surface area (Å²) in [7, 11) is 0. The summed E-state index contributed by atoms with van der Waals surface area (Å²) in [5.74, 6) is 1.48. The number of nitrogens with zero attached hydrogens (tertiary/aromatic N) is 2. The number of amides is 2. The third-order valence-electron chi connectivity index (χ3n) is 8.99. The molecule has 2 heterocycles. The molecule has 2 amide bonds. The van der Waals surface area contributed by atoms with E-state index in [1.807, 2.05) is 35.2 Å². The van der Waals surface area contributed by atoms with Crippen molar-refractivity contribution in [3.63, 3.8) is 0 Å². The normalized spacial score (nSPS) is 28.7. The molecule has 188 valence electrons. The Kier molecular flexibility index (Phi) is 7.37. The first-order chi connectivity index (χ1) is 17.0. The second-order valence-corrected chi connectivity index (χ2v) is 11.2. The highest BCUT2D eigenvalue weighted by Gasteiger charge is 2.46. The van der Waals surface area contributed by atoms with Crippen molar-refractivity contribution < 1.29 is 9.59 Å². The van der Waals surface area contributed by atoms with Crippen molar-refractivity contribution in [1.29, 1.82) is 0 Å². The lowest BCUT2D eigenvalue weighted by molar-refractivity contribution is -0.142. The maximum atomic E-state index is 13.8. The van der Waals surface area contributed by atoms with Gasteiger partial charge in [0.2, 0.25) is 11.8 Å². The average molecular weight is 477 g/mol. The molecular weight excluding hydrogens is 436 g/mol. The molecular formula is C29H40N4O2. The third-order valence-corrected chi connectivity index (χ3v) is 8.99. The van der Waals surface area contributed by atoms with E-state index in [2.05, 4.69) is 17.2 Å². The van der Waals surface area contributed by atoms with Gasteiger partial charge in [-0.25, -0.2) is 0 Å². The van der Waals surface area contributed by atoms with Crippen LogP contribution in [0.25, 0.3) is 10.9 Å². The van der Waals surface area contributed by atoms with Gasteiger partial charge in [-0.15, -0.1) is 0 Å². The molecule has 1 aromatic carbocycles. The van der Waals surface area contributed by atoms with Crippen molar-refractivity contribution in [2.45, 2.75) is 83.2 Å². The van der Waals surface area contributed by atoms with E-state index in [0.29, 0.717) is 18.4 Å². The second kappa shape index (κ2) is 10.7. The van der Waals surface area contributed by atoms with Gasteiger partial charge in [0.15, 0.2) is 0 Å². The number of likely N-dealkylation sites (tertiary alicyclic amines) is 1. The van der Waals surface area contributed by atoms with Gasteiger partial charge in [0.05, 0.1) is 5.52 Å². The molecule has 2 aliphatic carbocycles. The summed E-state index contributed by atoms with van der Waals surface area (Å²) in [6, 6.07) is 9.56. The standard InChI is InChI=1S/C29H40N4O2/c1-19(30)20-9-11-22(12-10-20)29(35)33-17-15-25(21-6-3-2-4-7-21)27(33)28(34)32-24-13-14-26-23(18-24)8-5-16-31-26/h5,8,13-14,16,18-22,25,27H,2-4,6-7,9-12,15,17,30H2,1H3,(H,32,34)/t19?,20-,22-,25-,27-/m0/s1. The van der Waals surface area contributed by atoms with Crippen molar-refractivity contribution in [3.05, 3.63) is 36.5 Å². The number of pyridine rings is 1. The first-order valence-electron chi connectivity index (χ1n) is 13.7. The minimum absolute atomic E-state index is 0.0251. The lowest BCUT2D eigenvalue weighted by Gasteiger charge is -2.36. The fourth-order valence-electron chi connectivity index (χ4n) is 6.95. The van der Waals surface area contributed by atoms with Crippen LogP contribution in [-0.2, 0) is 9.59 Å². The number of benzene rings is 1. The lowest BCUT2D eigenvalue weighted by atomic mass is 9.76. The molecule has 0 spiro atoms. The number of anilines is 1. The molecule has 3 N–H and O–H groups in total. The van der Waals surface area contributed by atoms with Gasteiger partial charge in [-0.2, -0.15) is 0 Å². The van der Waals surface area contributed by atoms with Gasteiger partial charge in [0.25, 0.3) is 0 Å². The fourth-order valence-corrected chi connectivity index (χ4v) is 6.95. The molecule has 35 heavy (non-hydrogen) atoms. The largest absolute Gasteiger partial charge is 0.330 e. The minimum Gasteiger partial charge on any atom is -0.330 e. The van der Waals surface area contributed by atoms with Crippen LogP contribution in [0.4, 0.5) is 5.69 Å². The summed E-state index contributed by atoms with van der Waals surface area (Å²) in [5, 5.41) is 4.18. The maximum absolute atomic E-state index is 13.8. The van der Waals surface area contributed by atoms with Crippen LogP contribution in [0.5, 0.6) is 0 Å². The van der Waals surface area contributed by atoms with E-state index in [1.54, 1.807) is 6.20 Å². The molecule has 5 rings (SSSR count). The van der Waals surface area contributed by atoms with Crippen LogP contribution < -0.4 is 11.1 Å². The quantitative estimate of drug-likeness (QED) is 0.627. The van der Waals surface area contributed by atoms with Crippen molar-refractivity contribution in [2.24, 2.45) is 29.4 Å². The molecule has 1 aromatic heterocycles. The smallest absolute Gasteiger partial charge is 0.247 e. The van der Waals surface area contributed by atoms with E-state index in [4.69, 9.17) is 5.73 Å². The Morgan fingerprint density at radius 1 is 1.03 bits per heavy atom. The predicted octanol–water partition coefficient (Wildman–Crippen LogP) is 5.12. The Morgan fingerprint density at radius 2 is 1.80 bits per heavy atom. The van der Waals surface area contributed by atoms with Crippen molar-refractivity contribution >= 4 is 28.4 Å². The number of hydrogen-bond donors (Lipinski definition) is 2. The second-order valence-electron chi connectivity index (χ2n) is 11.2. The number of fused-ring (bicyclic) bond motifs is 1. The molecule has 1 unspecified atom stereocenters. The van der Waals surface area contributed by atoms with Crippen molar-refractivity contribution in [1.82, 2.24) is 9.88 Å². The molecule has 0 radical (unpaired) electrons. The predicted molar refractivity (Wildman–Crippen MR) is 140 cm³/mol. The minimum atomic E-state index is -0.374. The van der Waals surface area contributed by atoms with Gasteiger partial charge >= 0.3 is 0 Å². The number of nitrogens with one attached hydrogen (secondary N) is 1. The number of aromatic nitrogens is 1. The van der Waals surface area contributed by atoms with Crippen LogP contribution in [0.2, 0.25) is 0 Å². The summed E-state index contributed by atoms with van der Waals surface area (Å²) in [5.41, 5.74) is 7.81. The van der Waals surface area contributed by atoms with Crippen LogP contribution in [0.15, 0.2) is 36.5 Å². The third kappa shape index (κ3) is 5.23. The number of carbonyl (C=O) groups is 2. The summed E-state index contributed by atoms with van der Waals surface area (Å²) < 4.78 is 0. The van der Waals surface area contributed by atoms with E-state index in [1.165, 1.54) is 32.1 Å². The molecule has 3 fully saturated rings. The number of nitrogens with two attached hydrogens (primary N) is 1. The summed E-state index contributed by atoms with van der Waals surface area (Å²) in [6.07, 6.45) is 12.6. The highest BCUT2D eigenvalue weighted by molar-refractivity contribution is 5.99. The maximum Gasteiger partial charge on any atom is 0.247 e. The molecule has 2 aromatic rings. The zero-order chi connectivity index (χ0) is 24.4. The summed E-state index contributed by atoms with van der Waals surface area (Å²) in [6.45, 7) is 2.78. The van der Waals surface area contributed by atoms with E-state index in [9.17, 15) is 9.59 Å². The fraction of sp³-hybridized carbons (Fsp3) is 0.621. The topological polar surface area (TPSA) is 88.3 Å². The van der Waals surface area contributed by atoms with Gasteiger partial charge in [-0.3, -0.25) is 14.6 Å².